The number of carboxylic acid groups (broad SMARTS) is 1. The first-order valence-electron chi connectivity index (χ1n) is 10.4. The van der Waals surface area contributed by atoms with Gasteiger partial charge in [-0.3, -0.25) is 14.4 Å². The lowest BCUT2D eigenvalue weighted by atomic mass is 10.0. The molecule has 1 aromatic rings. The maximum absolute atomic E-state index is 12.7. The van der Waals surface area contributed by atoms with Crippen molar-refractivity contribution in [2.24, 2.45) is 11.7 Å². The molecule has 0 radical (unpaired) electrons. The van der Waals surface area contributed by atoms with Gasteiger partial charge in [0, 0.05) is 18.3 Å². The normalized spacial score (nSPS) is 14.8. The summed E-state index contributed by atoms with van der Waals surface area (Å²) in [6, 6.07) is -3.80. The van der Waals surface area contributed by atoms with Gasteiger partial charge in [-0.25, -0.2) is 9.78 Å². The molecular formula is C20H34N6O5S. The first-order chi connectivity index (χ1) is 15.0. The zero-order valence-corrected chi connectivity index (χ0v) is 19.7. The molecule has 1 rings (SSSR count). The SMILES string of the molecule is CSCCC(NC(=O)C(N)CC(C)C)C(=O)NC(C)C(=O)NC(Cc1cnc[nH]1)C(=O)O. The zero-order valence-electron chi connectivity index (χ0n) is 18.9. The van der Waals surface area contributed by atoms with Gasteiger partial charge in [0.05, 0.1) is 12.4 Å². The third-order valence-electron chi connectivity index (χ3n) is 4.65. The Morgan fingerprint density at radius 1 is 1.09 bits per heavy atom. The number of hydrogen-bond acceptors (Lipinski definition) is 7. The number of aliphatic carboxylic acids is 1. The number of aromatic nitrogens is 2. The lowest BCUT2D eigenvalue weighted by Crippen LogP contribution is -2.56. The lowest BCUT2D eigenvalue weighted by Gasteiger charge is -2.23. The molecule has 180 valence electrons. The van der Waals surface area contributed by atoms with Crippen molar-refractivity contribution in [2.45, 2.75) is 64.2 Å². The number of nitrogens with zero attached hydrogens (tertiary/aromatic N) is 1. The minimum Gasteiger partial charge on any atom is -0.480 e. The van der Waals surface area contributed by atoms with E-state index in [0.29, 0.717) is 24.3 Å². The van der Waals surface area contributed by atoms with Gasteiger partial charge < -0.3 is 31.8 Å². The first-order valence-corrected chi connectivity index (χ1v) is 11.8. The number of nitrogens with two attached hydrogens (primary N) is 1. The van der Waals surface area contributed by atoms with Crippen LogP contribution in [0.4, 0.5) is 0 Å². The molecule has 0 saturated heterocycles. The molecule has 0 spiro atoms. The summed E-state index contributed by atoms with van der Waals surface area (Å²) in [6.45, 7) is 5.34. The van der Waals surface area contributed by atoms with Gasteiger partial charge >= 0.3 is 5.97 Å². The maximum atomic E-state index is 12.7. The van der Waals surface area contributed by atoms with Gasteiger partial charge in [0.25, 0.3) is 0 Å². The van der Waals surface area contributed by atoms with E-state index in [1.165, 1.54) is 31.2 Å². The fraction of sp³-hybridized carbons (Fsp3) is 0.650. The van der Waals surface area contributed by atoms with Crippen molar-refractivity contribution in [1.29, 1.82) is 0 Å². The smallest absolute Gasteiger partial charge is 0.326 e. The number of amides is 3. The molecular weight excluding hydrogens is 436 g/mol. The van der Waals surface area contributed by atoms with Crippen molar-refractivity contribution in [3.8, 4) is 0 Å². The summed E-state index contributed by atoms with van der Waals surface area (Å²) in [5.41, 5.74) is 6.46. The number of aromatic amines is 1. The summed E-state index contributed by atoms with van der Waals surface area (Å²) in [7, 11) is 0. The molecule has 0 fully saturated rings. The molecule has 1 heterocycles. The van der Waals surface area contributed by atoms with Gasteiger partial charge in [-0.05, 0) is 37.7 Å². The third-order valence-corrected chi connectivity index (χ3v) is 5.30. The molecule has 0 aliphatic rings. The van der Waals surface area contributed by atoms with Gasteiger partial charge in [0.2, 0.25) is 17.7 Å². The molecule has 11 nitrogen and oxygen atoms in total. The van der Waals surface area contributed by atoms with Crippen LogP contribution in [-0.4, -0.2) is 74.9 Å². The summed E-state index contributed by atoms with van der Waals surface area (Å²) in [6.07, 6.45) is 5.61. The Bertz CT molecular complexity index is 758. The summed E-state index contributed by atoms with van der Waals surface area (Å²) >= 11 is 1.52. The van der Waals surface area contributed by atoms with E-state index in [-0.39, 0.29) is 12.3 Å². The molecule has 1 aromatic heterocycles. The highest BCUT2D eigenvalue weighted by atomic mass is 32.2. The van der Waals surface area contributed by atoms with Crippen LogP contribution in [-0.2, 0) is 25.6 Å². The molecule has 7 N–H and O–H groups in total. The highest BCUT2D eigenvalue weighted by Crippen LogP contribution is 2.06. The van der Waals surface area contributed by atoms with Crippen LogP contribution in [0.3, 0.4) is 0 Å². The Morgan fingerprint density at radius 2 is 1.75 bits per heavy atom. The molecule has 3 amide bonds. The van der Waals surface area contributed by atoms with Gasteiger partial charge in [0.15, 0.2) is 0 Å². The fourth-order valence-corrected chi connectivity index (χ4v) is 3.36. The van der Waals surface area contributed by atoms with Crippen LogP contribution in [0.25, 0.3) is 0 Å². The number of thioether (sulfide) groups is 1. The Labute approximate surface area is 192 Å². The van der Waals surface area contributed by atoms with E-state index < -0.39 is 47.9 Å². The number of carbonyl (C=O) groups is 4. The summed E-state index contributed by atoms with van der Waals surface area (Å²) in [4.78, 5) is 55.7. The van der Waals surface area contributed by atoms with Crippen molar-refractivity contribution in [2.75, 3.05) is 12.0 Å². The zero-order chi connectivity index (χ0) is 24.3. The van der Waals surface area contributed by atoms with E-state index in [9.17, 15) is 24.3 Å². The Kier molecular flexibility index (Phi) is 11.8. The number of carboxylic acids is 1. The van der Waals surface area contributed by atoms with Crippen molar-refractivity contribution in [3.05, 3.63) is 18.2 Å². The van der Waals surface area contributed by atoms with E-state index in [2.05, 4.69) is 25.9 Å². The van der Waals surface area contributed by atoms with Gasteiger partial charge in [0.1, 0.15) is 18.1 Å². The predicted molar refractivity (Wildman–Crippen MR) is 122 cm³/mol. The molecule has 0 aliphatic heterocycles. The summed E-state index contributed by atoms with van der Waals surface area (Å²) in [5, 5.41) is 17.0. The predicted octanol–water partition coefficient (Wildman–Crippen LogP) is -0.362. The largest absolute Gasteiger partial charge is 0.480 e. The van der Waals surface area contributed by atoms with Gasteiger partial charge in [-0.15, -0.1) is 0 Å². The molecule has 0 bridgehead atoms. The lowest BCUT2D eigenvalue weighted by molar-refractivity contribution is -0.142. The second-order valence-electron chi connectivity index (χ2n) is 7.99. The van der Waals surface area contributed by atoms with Crippen LogP contribution in [0.1, 0.15) is 39.3 Å². The van der Waals surface area contributed by atoms with E-state index in [1.54, 1.807) is 0 Å². The molecule has 0 aromatic carbocycles. The van der Waals surface area contributed by atoms with Crippen LogP contribution in [0, 0.1) is 5.92 Å². The number of carbonyl (C=O) groups excluding carboxylic acids is 3. The average molecular weight is 471 g/mol. The second kappa shape index (κ2) is 13.7. The number of imidazole rings is 1. The molecule has 0 aliphatic carbocycles. The summed E-state index contributed by atoms with van der Waals surface area (Å²) < 4.78 is 0. The second-order valence-corrected chi connectivity index (χ2v) is 8.97. The minimum atomic E-state index is -1.21. The molecule has 32 heavy (non-hydrogen) atoms. The molecule has 4 atom stereocenters. The minimum absolute atomic E-state index is 0.0158. The van der Waals surface area contributed by atoms with E-state index in [0.717, 1.165) is 0 Å². The standard InChI is InChI=1S/C20H34N6O5S/c1-11(2)7-14(21)18(28)25-15(5-6-32-4)19(29)24-12(3)17(27)26-16(20(30)31)8-13-9-22-10-23-13/h9-12,14-16H,5-8,21H2,1-4H3,(H,22,23)(H,24,29)(H,25,28)(H,26,27)(H,30,31). The quantitative estimate of drug-likeness (QED) is 0.213. The van der Waals surface area contributed by atoms with Crippen LogP contribution in [0.15, 0.2) is 12.5 Å². The Balaban J connectivity index is 2.72. The topological polar surface area (TPSA) is 179 Å². The third kappa shape index (κ3) is 9.69. The van der Waals surface area contributed by atoms with E-state index in [4.69, 9.17) is 5.73 Å². The number of nitrogens with one attached hydrogen (secondary N) is 4. The Hall–Kier alpha value is -2.60. The highest BCUT2D eigenvalue weighted by Gasteiger charge is 2.28. The number of H-pyrrole nitrogens is 1. The Morgan fingerprint density at radius 3 is 2.28 bits per heavy atom. The molecule has 4 unspecified atom stereocenters. The maximum Gasteiger partial charge on any atom is 0.326 e. The van der Waals surface area contributed by atoms with Crippen LogP contribution >= 0.6 is 11.8 Å². The average Bonchev–Trinajstić information content (AvgIpc) is 3.22. The van der Waals surface area contributed by atoms with E-state index >= 15 is 0 Å². The number of hydrogen-bond donors (Lipinski definition) is 6. The number of rotatable bonds is 14. The van der Waals surface area contributed by atoms with Gasteiger partial charge in [-0.1, -0.05) is 13.8 Å². The monoisotopic (exact) mass is 470 g/mol. The van der Waals surface area contributed by atoms with E-state index in [1.807, 2.05) is 20.1 Å². The van der Waals surface area contributed by atoms with Crippen LogP contribution in [0.2, 0.25) is 0 Å². The van der Waals surface area contributed by atoms with Crippen LogP contribution < -0.4 is 21.7 Å². The summed E-state index contributed by atoms with van der Waals surface area (Å²) in [5.74, 6) is -1.99. The van der Waals surface area contributed by atoms with Crippen LogP contribution in [0.5, 0.6) is 0 Å². The van der Waals surface area contributed by atoms with Crippen molar-refractivity contribution in [3.63, 3.8) is 0 Å². The van der Waals surface area contributed by atoms with Crippen molar-refractivity contribution < 1.29 is 24.3 Å². The van der Waals surface area contributed by atoms with Gasteiger partial charge in [-0.2, -0.15) is 11.8 Å². The molecule has 12 heteroatoms. The molecule has 0 saturated carbocycles. The van der Waals surface area contributed by atoms with Crippen molar-refractivity contribution >= 4 is 35.5 Å². The first kappa shape index (κ1) is 27.4. The fourth-order valence-electron chi connectivity index (χ4n) is 2.89. The van der Waals surface area contributed by atoms with Crippen molar-refractivity contribution in [1.82, 2.24) is 25.9 Å². The highest BCUT2D eigenvalue weighted by molar-refractivity contribution is 7.98.